The van der Waals surface area contributed by atoms with Crippen LogP contribution in [0, 0.1) is 35.5 Å². The third kappa shape index (κ3) is 46.2. The Morgan fingerprint density at radius 3 is 1.15 bits per heavy atom. The number of primary amides is 2. The number of carboxylic acid groups (broad SMARTS) is 1. The molecular weight excluding hydrogens is 2020 g/mol. The van der Waals surface area contributed by atoms with Crippen molar-refractivity contribution in [2.45, 2.75) is 295 Å². The number of nitrogens with two attached hydrogens (primary N) is 3. The number of amides is 21. The zero-order valence-corrected chi connectivity index (χ0v) is 90.6. The molecule has 1 saturated heterocycles. The number of aliphatic hydroxyl groups excluding tert-OH is 3. The van der Waals surface area contributed by atoms with Gasteiger partial charge in [0.1, 0.15) is 115 Å². The van der Waals surface area contributed by atoms with Crippen molar-refractivity contribution >= 4 is 179 Å². The molecule has 0 aromatic heterocycles. The Labute approximate surface area is 887 Å². The van der Waals surface area contributed by atoms with E-state index in [4.69, 9.17) is 22.3 Å². The van der Waals surface area contributed by atoms with Gasteiger partial charge >= 0.3 is 5.97 Å². The van der Waals surface area contributed by atoms with Gasteiger partial charge in [0.2, 0.25) is 124 Å². The van der Waals surface area contributed by atoms with Gasteiger partial charge in [-0.1, -0.05) is 157 Å². The molecule has 2 aromatic rings. The summed E-state index contributed by atoms with van der Waals surface area (Å²) in [5.41, 5.74) is 18.2. The highest BCUT2D eigenvalue weighted by molar-refractivity contribution is 7.98. The van der Waals surface area contributed by atoms with Crippen molar-refractivity contribution in [2.75, 3.05) is 68.4 Å². The molecule has 0 saturated carbocycles. The first kappa shape index (κ1) is 131. The summed E-state index contributed by atoms with van der Waals surface area (Å²) in [5, 5.41) is 85.8. The molecule has 21 atom stereocenters. The molecule has 3 rings (SSSR count). The first-order chi connectivity index (χ1) is 70.3. The molecule has 28 N–H and O–H groups in total. The van der Waals surface area contributed by atoms with Crippen molar-refractivity contribution in [3.8, 4) is 0 Å². The number of benzene rings is 2. The van der Waals surface area contributed by atoms with Crippen LogP contribution in [0.5, 0.6) is 0 Å². The smallest absolute Gasteiger partial charge is 0.322 e. The van der Waals surface area contributed by atoms with Crippen molar-refractivity contribution in [3.63, 3.8) is 0 Å². The van der Waals surface area contributed by atoms with Crippen molar-refractivity contribution in [3.05, 3.63) is 71.8 Å². The van der Waals surface area contributed by atoms with Crippen LogP contribution in [0.15, 0.2) is 60.7 Å². The van der Waals surface area contributed by atoms with E-state index in [1.807, 2.05) is 6.26 Å². The molecule has 1 aliphatic rings. The lowest BCUT2D eigenvalue weighted by atomic mass is 9.95. The Kier molecular flexibility index (Phi) is 59.8. The Morgan fingerprint density at radius 1 is 0.383 bits per heavy atom. The molecule has 1 heterocycles. The average molecular weight is 2170 g/mol. The number of thioether (sulfide) groups is 2. The molecule has 149 heavy (non-hydrogen) atoms. The first-order valence-corrected chi connectivity index (χ1v) is 53.7. The van der Waals surface area contributed by atoms with Crippen LogP contribution in [0.25, 0.3) is 0 Å². The average Bonchev–Trinajstić information content (AvgIpc) is 1.71. The van der Waals surface area contributed by atoms with E-state index >= 15 is 0 Å². The maximum Gasteiger partial charge on any atom is 0.322 e. The maximum absolute atomic E-state index is 15.0. The number of aliphatic carboxylic acids is 1. The molecule has 1 fully saturated rings. The van der Waals surface area contributed by atoms with Crippen LogP contribution in [0.1, 0.15) is 178 Å². The Bertz CT molecular complexity index is 4810. The molecule has 0 aliphatic carbocycles. The van der Waals surface area contributed by atoms with Gasteiger partial charge in [-0.3, -0.25) is 105 Å². The Morgan fingerprint density at radius 2 is 0.725 bits per heavy atom. The molecule has 1 aliphatic heterocycles. The van der Waals surface area contributed by atoms with Gasteiger partial charge in [-0.25, -0.2) is 0 Å². The summed E-state index contributed by atoms with van der Waals surface area (Å²) < 4.78 is 0. The number of nitrogens with one attached hydrogen (secondary N) is 18. The van der Waals surface area contributed by atoms with Crippen molar-refractivity contribution < 1.29 is 126 Å². The molecule has 21 amide bonds. The second kappa shape index (κ2) is 68.0. The normalized spacial score (nSPS) is 16.4. The lowest BCUT2D eigenvalue weighted by Gasteiger charge is -2.31. The zero-order valence-electron chi connectivity index (χ0n) is 87.1. The van der Waals surface area contributed by atoms with Crippen LogP contribution in [-0.4, -0.2) is 339 Å². The summed E-state index contributed by atoms with van der Waals surface area (Å²) in [6.07, 6.45) is 2.19. The predicted octanol–water partition coefficient (Wildman–Crippen LogP) is -5.38. The zero-order chi connectivity index (χ0) is 112. The highest BCUT2D eigenvalue weighted by Crippen LogP contribution is 2.22. The van der Waals surface area contributed by atoms with Crippen LogP contribution >= 0.6 is 48.8 Å². The second-order valence-electron chi connectivity index (χ2n) is 38.3. The molecule has 52 heteroatoms. The predicted molar refractivity (Wildman–Crippen MR) is 561 cm³/mol. The summed E-state index contributed by atoms with van der Waals surface area (Å²) in [4.78, 5) is 307. The van der Waals surface area contributed by atoms with E-state index in [2.05, 4.69) is 121 Å². The van der Waals surface area contributed by atoms with Gasteiger partial charge in [0.05, 0.1) is 32.3 Å². The van der Waals surface area contributed by atoms with E-state index in [1.54, 1.807) is 136 Å². The van der Waals surface area contributed by atoms with Gasteiger partial charge in [-0.05, 0) is 129 Å². The minimum atomic E-state index is -1.86. The van der Waals surface area contributed by atoms with Crippen LogP contribution in [0.2, 0.25) is 0 Å². The molecule has 0 radical (unpaired) electrons. The third-order valence-corrected chi connectivity index (χ3v) is 26.3. The number of hydrogen-bond donors (Lipinski definition) is 27. The summed E-state index contributed by atoms with van der Waals surface area (Å²) in [6, 6.07) is -11.8. The lowest BCUT2D eigenvalue weighted by Crippen LogP contribution is -2.63. The van der Waals surface area contributed by atoms with E-state index in [9.17, 15) is 121 Å². The number of carbonyl (C=O) groups excluding carboxylic acids is 21. The number of hydrogen-bond acceptors (Lipinski definition) is 30. The van der Waals surface area contributed by atoms with Crippen LogP contribution in [-0.2, 0) is 118 Å². The van der Waals surface area contributed by atoms with Crippen molar-refractivity contribution in [1.82, 2.24) is 101 Å². The number of carboxylic acids is 1. The summed E-state index contributed by atoms with van der Waals surface area (Å²) in [6.45, 7) is 17.2. The maximum atomic E-state index is 15.0. The number of aliphatic hydroxyl groups is 3. The summed E-state index contributed by atoms with van der Waals surface area (Å²) in [5.74, 6) is -24.5. The van der Waals surface area contributed by atoms with Gasteiger partial charge in [-0.2, -0.15) is 48.8 Å². The Balaban J connectivity index is 1.87. The van der Waals surface area contributed by atoms with Gasteiger partial charge in [0.15, 0.2) is 0 Å². The van der Waals surface area contributed by atoms with Crippen molar-refractivity contribution in [2.24, 2.45) is 52.7 Å². The number of likely N-dealkylation sites (tertiary alicyclic amines) is 1. The van der Waals surface area contributed by atoms with E-state index in [0.29, 0.717) is 35.5 Å². The summed E-state index contributed by atoms with van der Waals surface area (Å²) in [7, 11) is 0. The summed E-state index contributed by atoms with van der Waals surface area (Å²) >= 11 is 11.4. The quantitative estimate of drug-likeness (QED) is 0.0275. The van der Waals surface area contributed by atoms with Crippen LogP contribution in [0.4, 0.5) is 0 Å². The van der Waals surface area contributed by atoms with Crippen molar-refractivity contribution in [1.29, 1.82) is 0 Å². The minimum absolute atomic E-state index is 0.0118. The number of rotatable bonds is 69. The van der Waals surface area contributed by atoms with E-state index < -0.39 is 320 Å². The number of carbonyl (C=O) groups is 22. The van der Waals surface area contributed by atoms with Crippen LogP contribution < -0.4 is 113 Å². The van der Waals surface area contributed by atoms with Gasteiger partial charge in [0, 0.05) is 37.3 Å². The standard InChI is InChI=1S/C97H156N22O26S4/c1-16-53(11)77(95(143)110-65(41-57-27-22-19-23-28-57)88(136)117-78(54(12)17-2)96(144)114-70(47-146)81(129)101-43-75(125)126)118-92(140)71(48-147)115-94(142)76(52(9)10)116-89(137)66(42-74(100)124)109-86(134)62(38-50(5)6)106-87(135)64(40-56-25-20-18-21-26-56)108-85(133)61(37-49(3)4)105-84(132)63(39-51(7)8)107-91(139)67(44-120)111-79(127)55(13)102-82(130)59(30-31-73(99)123)104-90(138)68(45-121)112-93(141)72-29-24-34-119(72)97(145)69(46-122)113-83(131)60(33-36-149-15)103-80(128)58(98)32-35-148-14/h18-23,25-28,49-55,58-72,76-78,120-122,146-147H,16-17,24,29-48,98H2,1-15H3,(H2,99,123)(H2,100,124)(H,101,129)(H,102,130)(H,103,128)(H,104,138)(H,105,132)(H,106,135)(H,107,139)(H,108,133)(H,109,134)(H,110,143)(H,111,127)(H,112,141)(H,113,131)(H,114,144)(H,115,142)(H,116,137)(H,117,136)(H,118,140)(H,125,126)/t53-,54-,55-,58-,59-,60-,61-,62-,63-,64-,65-,66-,67-,68-,69-,70-,71-,72-,76-,77-,78-/m0/s1. The third-order valence-electron chi connectivity index (χ3n) is 24.3. The molecule has 0 unspecified atom stereocenters. The molecule has 48 nitrogen and oxygen atoms in total. The second-order valence-corrected chi connectivity index (χ2v) is 41.0. The first-order valence-electron chi connectivity index (χ1n) is 49.7. The fraction of sp³-hybridized carbons (Fsp3) is 0.649. The van der Waals surface area contributed by atoms with Crippen LogP contribution in [0.3, 0.4) is 0 Å². The Hall–Kier alpha value is -12.0. The fourth-order valence-electron chi connectivity index (χ4n) is 15.4. The molecule has 0 bridgehead atoms. The van der Waals surface area contributed by atoms with E-state index in [1.165, 1.54) is 37.4 Å². The minimum Gasteiger partial charge on any atom is -0.480 e. The SMILES string of the molecule is CC[C@H](C)[C@H](NC(=O)[C@H](Cc1ccccc1)NC(=O)[C@@H](NC(=O)[C@H](CS)NC(=O)[C@@H](NC(=O)[C@H](CC(N)=O)NC(=O)[C@H](CC(C)C)NC(=O)[C@H](Cc1ccccc1)NC(=O)[C@H](CC(C)C)NC(=O)[C@H](CC(C)C)NC(=O)[C@H](CO)NC(=O)[C@H](C)NC(=O)[C@H](CCC(N)=O)NC(=O)[C@H](CO)NC(=O)[C@@H]1CCCN1C(=O)[C@H](CO)NC(=O)[C@H](CCSC)NC(=O)[C@@H](N)CCSC)C(C)C)[C@@H](C)CC)C(=O)N[C@@H](CS)C(=O)NCC(=O)O. The largest absolute Gasteiger partial charge is 0.480 e. The molecule has 834 valence electrons. The highest BCUT2D eigenvalue weighted by atomic mass is 32.2. The number of thiol groups is 2. The molecule has 2 aromatic carbocycles. The number of nitrogens with zero attached hydrogens (tertiary/aromatic N) is 1. The van der Waals surface area contributed by atoms with E-state index in [0.717, 1.165) is 11.8 Å². The molecular formula is C97H156N22O26S4. The topological polar surface area (TPSA) is 754 Å². The monoisotopic (exact) mass is 2170 g/mol. The molecule has 0 spiro atoms. The lowest BCUT2D eigenvalue weighted by molar-refractivity contribution is -0.143. The van der Waals surface area contributed by atoms with Gasteiger partial charge < -0.3 is 138 Å². The fourth-order valence-corrected chi connectivity index (χ4v) is 16.9. The highest BCUT2D eigenvalue weighted by Gasteiger charge is 2.44. The van der Waals surface area contributed by atoms with Gasteiger partial charge in [0.25, 0.3) is 0 Å². The van der Waals surface area contributed by atoms with E-state index in [-0.39, 0.29) is 81.9 Å². The van der Waals surface area contributed by atoms with Gasteiger partial charge in [-0.15, -0.1) is 0 Å².